The van der Waals surface area contributed by atoms with Gasteiger partial charge in [-0.3, -0.25) is 24.6 Å². The highest BCUT2D eigenvalue weighted by Crippen LogP contribution is 2.35. The van der Waals surface area contributed by atoms with E-state index in [0.717, 1.165) is 27.4 Å². The van der Waals surface area contributed by atoms with Gasteiger partial charge in [-0.2, -0.15) is 0 Å². The van der Waals surface area contributed by atoms with Crippen LogP contribution in [0.3, 0.4) is 0 Å². The van der Waals surface area contributed by atoms with Crippen LogP contribution in [0.5, 0.6) is 5.75 Å². The quantitative estimate of drug-likeness (QED) is 0.176. The fraction of sp³-hybridized carbons (Fsp3) is 0.0769. The molecule has 8 nitrogen and oxygen atoms in total. The Labute approximate surface area is 203 Å². The third kappa shape index (κ3) is 4.53. The van der Waals surface area contributed by atoms with E-state index >= 15 is 0 Å². The first-order valence-corrected chi connectivity index (χ1v) is 11.5. The van der Waals surface area contributed by atoms with E-state index in [1.54, 1.807) is 30.3 Å². The molecule has 1 fully saturated rings. The highest BCUT2D eigenvalue weighted by Gasteiger charge is 2.35. The Hall–Kier alpha value is -4.37. The topological polar surface area (TPSA) is 103 Å². The SMILES string of the molecule is O=C1S/C(=C\c2ccc(-c3ccccc3[N+](=O)[O-])o2)C(=O)N1CCOc1cccc2ccccc12. The van der Waals surface area contributed by atoms with Gasteiger partial charge < -0.3 is 9.15 Å². The molecule has 1 aliphatic rings. The fourth-order valence-corrected chi connectivity index (χ4v) is 4.65. The number of furan rings is 1. The number of nitrogens with zero attached hydrogens (tertiary/aromatic N) is 2. The maximum absolute atomic E-state index is 12.8. The van der Waals surface area contributed by atoms with Crippen LogP contribution in [-0.2, 0) is 4.79 Å². The zero-order valence-corrected chi connectivity index (χ0v) is 19.1. The molecule has 0 unspecified atom stereocenters. The predicted octanol–water partition coefficient (Wildman–Crippen LogP) is 6.12. The number of carbonyl (C=O) groups is 2. The average molecular weight is 487 g/mol. The number of rotatable bonds is 7. The molecule has 2 amide bonds. The Morgan fingerprint density at radius 3 is 2.60 bits per heavy atom. The van der Waals surface area contributed by atoms with E-state index in [-0.39, 0.29) is 23.7 Å². The van der Waals surface area contributed by atoms with E-state index in [4.69, 9.17) is 9.15 Å². The lowest BCUT2D eigenvalue weighted by Gasteiger charge is -2.14. The third-order valence-corrected chi connectivity index (χ3v) is 6.37. The number of benzene rings is 3. The van der Waals surface area contributed by atoms with Crippen molar-refractivity contribution in [3.63, 3.8) is 0 Å². The van der Waals surface area contributed by atoms with Crippen LogP contribution >= 0.6 is 11.8 Å². The van der Waals surface area contributed by atoms with Gasteiger partial charge in [-0.1, -0.05) is 48.5 Å². The monoisotopic (exact) mass is 486 g/mol. The Morgan fingerprint density at radius 1 is 0.971 bits per heavy atom. The second kappa shape index (κ2) is 9.47. The molecule has 174 valence electrons. The van der Waals surface area contributed by atoms with E-state index in [1.807, 2.05) is 42.5 Å². The molecule has 0 atom stereocenters. The highest BCUT2D eigenvalue weighted by molar-refractivity contribution is 8.18. The van der Waals surface area contributed by atoms with Gasteiger partial charge in [0.15, 0.2) is 0 Å². The minimum absolute atomic E-state index is 0.0834. The maximum atomic E-state index is 12.8. The number of para-hydroxylation sites is 1. The van der Waals surface area contributed by atoms with Crippen molar-refractivity contribution in [3.05, 3.63) is 99.6 Å². The second-order valence-corrected chi connectivity index (χ2v) is 8.63. The number of ether oxygens (including phenoxy) is 1. The summed E-state index contributed by atoms with van der Waals surface area (Å²) in [6.07, 6.45) is 1.47. The summed E-state index contributed by atoms with van der Waals surface area (Å²) < 4.78 is 11.6. The number of hydrogen-bond acceptors (Lipinski definition) is 7. The second-order valence-electron chi connectivity index (χ2n) is 7.64. The number of imide groups is 1. The van der Waals surface area contributed by atoms with Crippen molar-refractivity contribution < 1.29 is 23.7 Å². The molecule has 0 spiro atoms. The molecule has 0 N–H and O–H groups in total. The van der Waals surface area contributed by atoms with E-state index in [9.17, 15) is 19.7 Å². The Kier molecular flexibility index (Phi) is 6.07. The summed E-state index contributed by atoms with van der Waals surface area (Å²) in [5, 5.41) is 12.9. The van der Waals surface area contributed by atoms with Gasteiger partial charge in [0.05, 0.1) is 21.9 Å². The Morgan fingerprint density at radius 2 is 1.74 bits per heavy atom. The lowest BCUT2D eigenvalue weighted by Crippen LogP contribution is -2.32. The Bertz CT molecular complexity index is 1490. The van der Waals surface area contributed by atoms with Crippen LogP contribution in [0.25, 0.3) is 28.2 Å². The van der Waals surface area contributed by atoms with Gasteiger partial charge in [0.2, 0.25) is 0 Å². The number of fused-ring (bicyclic) bond motifs is 1. The molecule has 35 heavy (non-hydrogen) atoms. The summed E-state index contributed by atoms with van der Waals surface area (Å²) in [7, 11) is 0. The Balaban J connectivity index is 1.28. The van der Waals surface area contributed by atoms with Crippen molar-refractivity contribution in [2.24, 2.45) is 0 Å². The number of carbonyl (C=O) groups excluding carboxylic acids is 2. The number of thioether (sulfide) groups is 1. The molecule has 0 radical (unpaired) electrons. The molecule has 0 bridgehead atoms. The zero-order valence-electron chi connectivity index (χ0n) is 18.2. The third-order valence-electron chi connectivity index (χ3n) is 5.46. The summed E-state index contributed by atoms with van der Waals surface area (Å²) >= 11 is 0.813. The maximum Gasteiger partial charge on any atom is 0.293 e. The van der Waals surface area contributed by atoms with Gasteiger partial charge in [0, 0.05) is 17.5 Å². The molecule has 9 heteroatoms. The molecule has 3 aromatic carbocycles. The minimum Gasteiger partial charge on any atom is -0.491 e. The van der Waals surface area contributed by atoms with Gasteiger partial charge in [-0.25, -0.2) is 0 Å². The van der Waals surface area contributed by atoms with Gasteiger partial charge in [0.1, 0.15) is 23.9 Å². The smallest absolute Gasteiger partial charge is 0.293 e. The number of amides is 2. The van der Waals surface area contributed by atoms with Crippen LogP contribution in [0.2, 0.25) is 0 Å². The molecule has 1 aliphatic heterocycles. The summed E-state index contributed by atoms with van der Waals surface area (Å²) in [6.45, 7) is 0.257. The molecule has 4 aromatic rings. The first-order chi connectivity index (χ1) is 17.0. The molecule has 1 saturated heterocycles. The minimum atomic E-state index is -0.483. The van der Waals surface area contributed by atoms with Crippen LogP contribution in [0, 0.1) is 10.1 Å². The zero-order chi connectivity index (χ0) is 24.4. The molecule has 0 saturated carbocycles. The van der Waals surface area contributed by atoms with Crippen molar-refractivity contribution in [2.45, 2.75) is 0 Å². The average Bonchev–Trinajstić information content (AvgIpc) is 3.44. The van der Waals surface area contributed by atoms with E-state index in [0.29, 0.717) is 22.8 Å². The molecule has 1 aromatic heterocycles. The lowest BCUT2D eigenvalue weighted by molar-refractivity contribution is -0.384. The van der Waals surface area contributed by atoms with Gasteiger partial charge in [0.25, 0.3) is 16.8 Å². The summed E-state index contributed by atoms with van der Waals surface area (Å²) in [5.74, 6) is 0.857. The fourth-order valence-electron chi connectivity index (χ4n) is 3.81. The first kappa shape index (κ1) is 22.4. The van der Waals surface area contributed by atoms with Crippen LogP contribution in [0.15, 0.2) is 88.2 Å². The lowest BCUT2D eigenvalue weighted by atomic mass is 10.1. The van der Waals surface area contributed by atoms with Gasteiger partial charge in [-0.05, 0) is 41.4 Å². The van der Waals surface area contributed by atoms with Crippen molar-refractivity contribution in [2.75, 3.05) is 13.2 Å². The summed E-state index contributed by atoms with van der Waals surface area (Å²) in [5.41, 5.74) is 0.246. The van der Waals surface area contributed by atoms with E-state index in [1.165, 1.54) is 12.1 Å². The van der Waals surface area contributed by atoms with E-state index < -0.39 is 16.1 Å². The standard InChI is InChI=1S/C26H18N2O6S/c29-25-24(16-18-12-13-23(34-18)20-9-3-4-10-21(20)28(31)32)35-26(30)27(25)14-15-33-22-11-5-7-17-6-1-2-8-19(17)22/h1-13,16H,14-15H2/b24-16-. The number of nitro groups is 1. The highest BCUT2D eigenvalue weighted by atomic mass is 32.2. The normalized spacial score (nSPS) is 14.7. The van der Waals surface area contributed by atoms with Gasteiger partial charge >= 0.3 is 0 Å². The molecular formula is C26H18N2O6S. The summed E-state index contributed by atoms with van der Waals surface area (Å²) in [6, 6.07) is 23.0. The van der Waals surface area contributed by atoms with Crippen LogP contribution in [-0.4, -0.2) is 34.1 Å². The largest absolute Gasteiger partial charge is 0.491 e. The summed E-state index contributed by atoms with van der Waals surface area (Å²) in [4.78, 5) is 37.4. The molecular weight excluding hydrogens is 468 g/mol. The van der Waals surface area contributed by atoms with Crippen molar-refractivity contribution in [3.8, 4) is 17.1 Å². The van der Waals surface area contributed by atoms with Crippen molar-refractivity contribution in [1.82, 2.24) is 4.90 Å². The number of nitro benzene ring substituents is 1. The van der Waals surface area contributed by atoms with E-state index in [2.05, 4.69) is 0 Å². The number of hydrogen-bond donors (Lipinski definition) is 0. The molecule has 5 rings (SSSR count). The van der Waals surface area contributed by atoms with Crippen LogP contribution in [0.4, 0.5) is 10.5 Å². The van der Waals surface area contributed by atoms with Crippen LogP contribution in [0.1, 0.15) is 5.76 Å². The molecule has 2 heterocycles. The van der Waals surface area contributed by atoms with Crippen molar-refractivity contribution in [1.29, 1.82) is 0 Å². The van der Waals surface area contributed by atoms with Gasteiger partial charge in [-0.15, -0.1) is 0 Å². The predicted molar refractivity (Wildman–Crippen MR) is 133 cm³/mol. The van der Waals surface area contributed by atoms with Crippen molar-refractivity contribution >= 4 is 45.4 Å². The van der Waals surface area contributed by atoms with Crippen LogP contribution < -0.4 is 4.74 Å². The first-order valence-electron chi connectivity index (χ1n) is 10.7. The molecule has 0 aliphatic carbocycles.